The highest BCUT2D eigenvalue weighted by Gasteiger charge is 2.04. The monoisotopic (exact) mass is 388 g/mol. The molecule has 2 rings (SSSR count). The van der Waals surface area contributed by atoms with Gasteiger partial charge >= 0.3 is 0 Å². The lowest BCUT2D eigenvalue weighted by Gasteiger charge is -2.12. The van der Waals surface area contributed by atoms with Gasteiger partial charge in [0.25, 0.3) is 0 Å². The zero-order valence-electron chi connectivity index (χ0n) is 16.0. The Kier molecular flexibility index (Phi) is 8.91. The molecule has 0 heterocycles. The van der Waals surface area contributed by atoms with Gasteiger partial charge in [0.2, 0.25) is 5.91 Å². The molecule has 2 aromatic rings. The van der Waals surface area contributed by atoms with Gasteiger partial charge in [-0.3, -0.25) is 9.79 Å². The lowest BCUT2D eigenvalue weighted by molar-refractivity contribution is -0.120. The summed E-state index contributed by atoms with van der Waals surface area (Å²) in [6.07, 6.45) is 0.641. The number of aliphatic imine (C=N–C) groups is 1. The maximum Gasteiger partial charge on any atom is 0.224 e. The molecule has 2 aromatic carbocycles. The van der Waals surface area contributed by atoms with Crippen LogP contribution in [0.1, 0.15) is 18.1 Å². The predicted molar refractivity (Wildman–Crippen MR) is 107 cm³/mol. The molecule has 7 heteroatoms. The highest BCUT2D eigenvalue weighted by atomic mass is 19.1. The Morgan fingerprint density at radius 1 is 1.00 bits per heavy atom. The molecule has 150 valence electrons. The number of rotatable bonds is 9. The van der Waals surface area contributed by atoms with Crippen LogP contribution < -0.4 is 16.0 Å². The number of carbonyl (C=O) groups excluding carboxylic acids is 1. The smallest absolute Gasteiger partial charge is 0.224 e. The van der Waals surface area contributed by atoms with Crippen LogP contribution in [-0.2, 0) is 17.6 Å². The van der Waals surface area contributed by atoms with E-state index in [2.05, 4.69) is 20.9 Å². The first-order valence-corrected chi connectivity index (χ1v) is 9.35. The fourth-order valence-corrected chi connectivity index (χ4v) is 2.61. The summed E-state index contributed by atoms with van der Waals surface area (Å²) in [7, 11) is 0. The van der Waals surface area contributed by atoms with Gasteiger partial charge in [-0.2, -0.15) is 0 Å². The standard InChI is InChI=1S/C21H26F2N4O/c1-2-24-21(26-11-10-17-7-3-4-9-19(17)23)27-13-12-25-20(28)15-16-6-5-8-18(22)14-16/h3-9,14H,2,10-13,15H2,1H3,(H,25,28)(H2,24,26,27). The zero-order chi connectivity index (χ0) is 20.2. The van der Waals surface area contributed by atoms with Crippen LogP contribution in [0.4, 0.5) is 8.78 Å². The van der Waals surface area contributed by atoms with E-state index in [1.54, 1.807) is 30.3 Å². The lowest BCUT2D eigenvalue weighted by atomic mass is 10.1. The number of guanidine groups is 1. The molecule has 0 atom stereocenters. The van der Waals surface area contributed by atoms with Crippen molar-refractivity contribution in [2.24, 2.45) is 4.99 Å². The molecule has 3 N–H and O–H groups in total. The second-order valence-electron chi connectivity index (χ2n) is 6.19. The SMILES string of the molecule is CCNC(=NCCc1ccccc1F)NCCNC(=O)Cc1cccc(F)c1. The number of hydrogen-bond acceptors (Lipinski definition) is 2. The molecule has 0 saturated carbocycles. The maximum atomic E-state index is 13.6. The molecule has 0 saturated heterocycles. The quantitative estimate of drug-likeness (QED) is 0.351. The van der Waals surface area contributed by atoms with Crippen molar-refractivity contribution in [2.75, 3.05) is 26.2 Å². The molecule has 5 nitrogen and oxygen atoms in total. The van der Waals surface area contributed by atoms with Crippen LogP contribution in [0, 0.1) is 11.6 Å². The summed E-state index contributed by atoms with van der Waals surface area (Å²) in [5, 5.41) is 9.01. The molecule has 1 amide bonds. The normalized spacial score (nSPS) is 11.2. The van der Waals surface area contributed by atoms with Gasteiger partial charge in [-0.25, -0.2) is 8.78 Å². The van der Waals surface area contributed by atoms with Crippen molar-refractivity contribution in [3.05, 3.63) is 71.3 Å². The average Bonchev–Trinajstić information content (AvgIpc) is 2.66. The van der Waals surface area contributed by atoms with E-state index in [0.29, 0.717) is 49.7 Å². The molecule has 0 unspecified atom stereocenters. The van der Waals surface area contributed by atoms with Crippen LogP contribution in [0.5, 0.6) is 0 Å². The van der Waals surface area contributed by atoms with Crippen molar-refractivity contribution < 1.29 is 13.6 Å². The molecule has 0 aliphatic heterocycles. The van der Waals surface area contributed by atoms with Gasteiger partial charge in [-0.1, -0.05) is 30.3 Å². The van der Waals surface area contributed by atoms with Crippen LogP contribution in [0.25, 0.3) is 0 Å². The lowest BCUT2D eigenvalue weighted by Crippen LogP contribution is -2.41. The summed E-state index contributed by atoms with van der Waals surface area (Å²) in [4.78, 5) is 16.3. The van der Waals surface area contributed by atoms with Crippen LogP contribution in [0.3, 0.4) is 0 Å². The molecule has 0 radical (unpaired) electrons. The van der Waals surface area contributed by atoms with Gasteiger partial charge < -0.3 is 16.0 Å². The number of carbonyl (C=O) groups is 1. The third-order valence-electron chi connectivity index (χ3n) is 3.95. The average molecular weight is 388 g/mol. The molecular weight excluding hydrogens is 362 g/mol. The van der Waals surface area contributed by atoms with E-state index in [9.17, 15) is 13.6 Å². The Bertz CT molecular complexity index is 795. The Labute approximate surface area is 164 Å². The first kappa shape index (κ1) is 21.3. The van der Waals surface area contributed by atoms with E-state index in [1.807, 2.05) is 6.92 Å². The second-order valence-corrected chi connectivity index (χ2v) is 6.19. The first-order valence-electron chi connectivity index (χ1n) is 9.35. The fraction of sp³-hybridized carbons (Fsp3) is 0.333. The molecule has 28 heavy (non-hydrogen) atoms. The number of nitrogens with zero attached hydrogens (tertiary/aromatic N) is 1. The fourth-order valence-electron chi connectivity index (χ4n) is 2.61. The summed E-state index contributed by atoms with van der Waals surface area (Å²) >= 11 is 0. The van der Waals surface area contributed by atoms with E-state index < -0.39 is 0 Å². The first-order chi connectivity index (χ1) is 13.6. The van der Waals surface area contributed by atoms with Gasteiger partial charge in [0.05, 0.1) is 6.42 Å². The van der Waals surface area contributed by atoms with Gasteiger partial charge in [-0.15, -0.1) is 0 Å². The minimum atomic E-state index is -0.353. The predicted octanol–water partition coefficient (Wildman–Crippen LogP) is 2.42. The largest absolute Gasteiger partial charge is 0.357 e. The highest BCUT2D eigenvalue weighted by molar-refractivity contribution is 5.80. The van der Waals surface area contributed by atoms with Crippen molar-refractivity contribution in [2.45, 2.75) is 19.8 Å². The number of halogens is 2. The molecule has 0 spiro atoms. The molecular formula is C21H26F2N4O. The van der Waals surface area contributed by atoms with Crippen molar-refractivity contribution in [1.29, 1.82) is 0 Å². The summed E-state index contributed by atoms with van der Waals surface area (Å²) in [6, 6.07) is 12.7. The molecule has 0 fully saturated rings. The Balaban J connectivity index is 1.71. The number of amides is 1. The van der Waals surface area contributed by atoms with Crippen LogP contribution in [-0.4, -0.2) is 38.0 Å². The van der Waals surface area contributed by atoms with Crippen LogP contribution >= 0.6 is 0 Å². The molecule has 0 aliphatic carbocycles. The summed E-state index contributed by atoms with van der Waals surface area (Å²) < 4.78 is 26.8. The van der Waals surface area contributed by atoms with Crippen molar-refractivity contribution >= 4 is 11.9 Å². The van der Waals surface area contributed by atoms with E-state index in [-0.39, 0.29) is 24.0 Å². The Hall–Kier alpha value is -2.96. The Morgan fingerprint density at radius 2 is 1.79 bits per heavy atom. The summed E-state index contributed by atoms with van der Waals surface area (Å²) in [6.45, 7) is 3.99. The van der Waals surface area contributed by atoms with Crippen LogP contribution in [0.2, 0.25) is 0 Å². The minimum Gasteiger partial charge on any atom is -0.357 e. The van der Waals surface area contributed by atoms with E-state index >= 15 is 0 Å². The van der Waals surface area contributed by atoms with E-state index in [1.165, 1.54) is 18.2 Å². The van der Waals surface area contributed by atoms with Crippen molar-refractivity contribution in [1.82, 2.24) is 16.0 Å². The topological polar surface area (TPSA) is 65.5 Å². The minimum absolute atomic E-state index is 0.133. The van der Waals surface area contributed by atoms with Gasteiger partial charge in [0.15, 0.2) is 5.96 Å². The van der Waals surface area contributed by atoms with E-state index in [0.717, 1.165) is 0 Å². The third kappa shape index (κ3) is 7.73. The summed E-state index contributed by atoms with van der Waals surface area (Å²) in [5.41, 5.74) is 1.26. The highest BCUT2D eigenvalue weighted by Crippen LogP contribution is 2.07. The third-order valence-corrected chi connectivity index (χ3v) is 3.95. The zero-order valence-corrected chi connectivity index (χ0v) is 16.0. The van der Waals surface area contributed by atoms with Gasteiger partial charge in [0, 0.05) is 26.2 Å². The number of nitrogens with one attached hydrogen (secondary N) is 3. The van der Waals surface area contributed by atoms with Crippen molar-refractivity contribution in [3.63, 3.8) is 0 Å². The van der Waals surface area contributed by atoms with E-state index in [4.69, 9.17) is 0 Å². The van der Waals surface area contributed by atoms with Crippen LogP contribution in [0.15, 0.2) is 53.5 Å². The molecule has 0 aromatic heterocycles. The van der Waals surface area contributed by atoms with Gasteiger partial charge in [0.1, 0.15) is 11.6 Å². The molecule has 0 aliphatic rings. The van der Waals surface area contributed by atoms with Crippen molar-refractivity contribution in [3.8, 4) is 0 Å². The second kappa shape index (κ2) is 11.7. The summed E-state index contributed by atoms with van der Waals surface area (Å²) in [5.74, 6) is -0.141. The van der Waals surface area contributed by atoms with Gasteiger partial charge in [-0.05, 0) is 42.7 Å². The maximum absolute atomic E-state index is 13.6. The Morgan fingerprint density at radius 3 is 2.54 bits per heavy atom. The number of hydrogen-bond donors (Lipinski definition) is 3. The molecule has 0 bridgehead atoms. The number of benzene rings is 2.